The Kier molecular flexibility index (Phi) is 7.02. The number of halogens is 2. The van der Waals surface area contributed by atoms with Crippen molar-refractivity contribution in [3.8, 4) is 11.5 Å². The zero-order valence-electron chi connectivity index (χ0n) is 21.6. The number of benzene rings is 4. The monoisotopic (exact) mass is 616 g/mol. The van der Waals surface area contributed by atoms with Gasteiger partial charge in [0.25, 0.3) is 5.91 Å². The third-order valence-electron chi connectivity index (χ3n) is 7.02. The van der Waals surface area contributed by atoms with Crippen LogP contribution in [-0.4, -0.2) is 31.0 Å². The van der Waals surface area contributed by atoms with Gasteiger partial charge in [-0.2, -0.15) is 0 Å². The van der Waals surface area contributed by atoms with Crippen LogP contribution < -0.4 is 19.4 Å². The van der Waals surface area contributed by atoms with Crippen molar-refractivity contribution in [1.29, 1.82) is 0 Å². The predicted octanol–water partition coefficient (Wildman–Crippen LogP) is 5.87. The smallest absolute Gasteiger partial charge is 0.343 e. The van der Waals surface area contributed by atoms with Crippen molar-refractivity contribution in [2.75, 3.05) is 17.1 Å². The Hall–Kier alpha value is -4.54. The Balaban J connectivity index is 1.36. The molecule has 8 nitrogen and oxygen atoms in total. The number of esters is 1. The highest BCUT2D eigenvalue weighted by atomic mass is 79.9. The average molecular weight is 617 g/mol. The summed E-state index contributed by atoms with van der Waals surface area (Å²) < 4.78 is 25.2. The third-order valence-corrected chi connectivity index (χ3v) is 7.55. The quantitative estimate of drug-likeness (QED) is 0.152. The number of hydrogen-bond donors (Lipinski definition) is 0. The van der Waals surface area contributed by atoms with Gasteiger partial charge in [-0.05, 0) is 78.4 Å². The first-order chi connectivity index (χ1) is 19.9. The number of ether oxygens (including phenoxy) is 2. The van der Waals surface area contributed by atoms with E-state index in [1.165, 1.54) is 31.4 Å². The van der Waals surface area contributed by atoms with Crippen molar-refractivity contribution in [1.82, 2.24) is 0 Å². The molecule has 206 valence electrons. The highest BCUT2D eigenvalue weighted by Gasteiger charge is 2.60. The summed E-state index contributed by atoms with van der Waals surface area (Å²) in [6.45, 7) is 0. The average Bonchev–Trinajstić information content (AvgIpc) is 3.50. The molecule has 6 rings (SSSR count). The Bertz CT molecular complexity index is 1630. The van der Waals surface area contributed by atoms with Gasteiger partial charge in [0.05, 0.1) is 30.1 Å². The maximum absolute atomic E-state index is 13.9. The number of anilines is 2. The minimum Gasteiger partial charge on any atom is -0.493 e. The van der Waals surface area contributed by atoms with Crippen LogP contribution in [0.25, 0.3) is 0 Å². The second-order valence-electron chi connectivity index (χ2n) is 9.45. The Morgan fingerprint density at radius 3 is 2.24 bits per heavy atom. The topological polar surface area (TPSA) is 85.4 Å². The molecule has 2 saturated heterocycles. The number of hydrogen-bond acceptors (Lipinski definition) is 7. The molecule has 2 fully saturated rings. The molecule has 0 aromatic heterocycles. The number of fused-ring (bicyclic) bond motifs is 1. The summed E-state index contributed by atoms with van der Waals surface area (Å²) in [5.74, 6) is -2.49. The van der Waals surface area contributed by atoms with E-state index >= 15 is 0 Å². The van der Waals surface area contributed by atoms with Crippen molar-refractivity contribution in [2.24, 2.45) is 5.92 Å². The largest absolute Gasteiger partial charge is 0.493 e. The number of methoxy groups -OCH3 is 1. The summed E-state index contributed by atoms with van der Waals surface area (Å²) in [5, 5.41) is 1.57. The lowest BCUT2D eigenvalue weighted by Crippen LogP contribution is -2.37. The van der Waals surface area contributed by atoms with Crippen molar-refractivity contribution in [3.63, 3.8) is 0 Å². The number of carbonyl (C=O) groups is 3. The highest BCUT2D eigenvalue weighted by molar-refractivity contribution is 9.10. The van der Waals surface area contributed by atoms with Gasteiger partial charge in [-0.3, -0.25) is 14.4 Å². The minimum absolute atomic E-state index is 0.137. The molecule has 0 radical (unpaired) electrons. The lowest BCUT2D eigenvalue weighted by molar-refractivity contribution is -0.126. The van der Waals surface area contributed by atoms with Gasteiger partial charge in [-0.25, -0.2) is 19.1 Å². The van der Waals surface area contributed by atoms with E-state index in [1.54, 1.807) is 47.5 Å². The van der Waals surface area contributed by atoms with Crippen molar-refractivity contribution in [3.05, 3.63) is 118 Å². The summed E-state index contributed by atoms with van der Waals surface area (Å²) >= 11 is 3.38. The zero-order valence-corrected chi connectivity index (χ0v) is 23.2. The van der Waals surface area contributed by atoms with Crippen molar-refractivity contribution >= 4 is 45.1 Å². The van der Waals surface area contributed by atoms with Crippen LogP contribution in [-0.2, 0) is 14.4 Å². The van der Waals surface area contributed by atoms with Crippen LogP contribution in [0.3, 0.4) is 0 Å². The Morgan fingerprint density at radius 2 is 1.56 bits per heavy atom. The molecular formula is C31H22BrFN2O6. The predicted molar refractivity (Wildman–Crippen MR) is 151 cm³/mol. The van der Waals surface area contributed by atoms with E-state index in [1.807, 2.05) is 30.3 Å². The van der Waals surface area contributed by atoms with Gasteiger partial charge in [-0.15, -0.1) is 0 Å². The number of amides is 2. The molecule has 2 heterocycles. The molecule has 0 unspecified atom stereocenters. The van der Waals surface area contributed by atoms with Gasteiger partial charge in [0.1, 0.15) is 11.7 Å². The molecule has 2 amide bonds. The molecule has 0 aliphatic carbocycles. The van der Waals surface area contributed by atoms with Gasteiger partial charge in [0, 0.05) is 4.47 Å². The van der Waals surface area contributed by atoms with Crippen LogP contribution >= 0.6 is 15.9 Å². The molecular weight excluding hydrogens is 595 g/mol. The summed E-state index contributed by atoms with van der Waals surface area (Å²) in [4.78, 5) is 47.4. The first-order valence-corrected chi connectivity index (χ1v) is 13.4. The maximum Gasteiger partial charge on any atom is 0.343 e. The van der Waals surface area contributed by atoms with Crippen LogP contribution in [0.1, 0.15) is 22.0 Å². The second-order valence-corrected chi connectivity index (χ2v) is 10.4. The third kappa shape index (κ3) is 4.85. The number of imide groups is 1. The van der Waals surface area contributed by atoms with Crippen LogP contribution in [0.5, 0.6) is 11.5 Å². The number of rotatable bonds is 6. The molecule has 0 bridgehead atoms. The molecule has 0 saturated carbocycles. The van der Waals surface area contributed by atoms with Crippen LogP contribution in [0.4, 0.5) is 15.8 Å². The Labute approximate surface area is 242 Å². The summed E-state index contributed by atoms with van der Waals surface area (Å²) in [5.41, 5.74) is 1.89. The van der Waals surface area contributed by atoms with Crippen LogP contribution in [0.15, 0.2) is 102 Å². The molecule has 4 aromatic rings. The van der Waals surface area contributed by atoms with E-state index in [0.717, 1.165) is 9.37 Å². The number of hydroxylamine groups is 1. The lowest BCUT2D eigenvalue weighted by atomic mass is 9.90. The van der Waals surface area contributed by atoms with Crippen molar-refractivity contribution in [2.45, 2.75) is 12.1 Å². The standard InChI is InChI=1S/C31H22BrFN2O6/c1-39-25-17-19(9-16-24(25)40-31(38)18-7-12-21(33)13-8-18)27-26-28(41-35(27)23-5-3-2-4-6-23)30(37)34(29(26)36)22-14-10-20(32)11-15-22/h2-17,26-28H,1H3/t26-,27-,28-/m0/s1. The summed E-state index contributed by atoms with van der Waals surface area (Å²) in [6, 6.07) is 25.3. The number of carbonyl (C=O) groups excluding carboxylic acids is 3. The van der Waals surface area contributed by atoms with Gasteiger partial charge in [0.15, 0.2) is 17.6 Å². The molecule has 2 aliphatic heterocycles. The summed E-state index contributed by atoms with van der Waals surface area (Å²) in [7, 11) is 1.43. The van der Waals surface area contributed by atoms with Gasteiger partial charge >= 0.3 is 5.97 Å². The number of para-hydroxylation sites is 1. The SMILES string of the molecule is COc1cc([C@H]2[C@@H]3C(=O)N(c4ccc(Br)cc4)C(=O)[C@H]3ON2c2ccccc2)ccc1OC(=O)c1ccc(F)cc1. The molecule has 0 spiro atoms. The van der Waals surface area contributed by atoms with E-state index < -0.39 is 41.7 Å². The van der Waals surface area contributed by atoms with Crippen LogP contribution in [0, 0.1) is 11.7 Å². The summed E-state index contributed by atoms with van der Waals surface area (Å²) in [6.07, 6.45) is -1.04. The van der Waals surface area contributed by atoms with E-state index in [9.17, 15) is 18.8 Å². The van der Waals surface area contributed by atoms with E-state index in [2.05, 4.69) is 15.9 Å². The molecule has 3 atom stereocenters. The first-order valence-electron chi connectivity index (χ1n) is 12.7. The second kappa shape index (κ2) is 10.8. The minimum atomic E-state index is -1.04. The fraction of sp³-hybridized carbons (Fsp3) is 0.129. The van der Waals surface area contributed by atoms with Gasteiger partial charge in [0.2, 0.25) is 5.91 Å². The molecule has 4 aromatic carbocycles. The van der Waals surface area contributed by atoms with E-state index in [4.69, 9.17) is 14.3 Å². The highest BCUT2D eigenvalue weighted by Crippen LogP contribution is 2.48. The fourth-order valence-corrected chi connectivity index (χ4v) is 5.36. The maximum atomic E-state index is 13.9. The van der Waals surface area contributed by atoms with E-state index in [0.29, 0.717) is 16.9 Å². The van der Waals surface area contributed by atoms with E-state index in [-0.39, 0.29) is 17.1 Å². The molecule has 10 heteroatoms. The van der Waals surface area contributed by atoms with Crippen LogP contribution in [0.2, 0.25) is 0 Å². The first kappa shape index (κ1) is 26.7. The lowest BCUT2D eigenvalue weighted by Gasteiger charge is -2.29. The normalized spacial score (nSPS) is 19.8. The fourth-order valence-electron chi connectivity index (χ4n) is 5.09. The number of nitrogens with zero attached hydrogens (tertiary/aromatic N) is 2. The molecule has 41 heavy (non-hydrogen) atoms. The molecule has 2 aliphatic rings. The van der Waals surface area contributed by atoms with Crippen molar-refractivity contribution < 1.29 is 33.1 Å². The van der Waals surface area contributed by atoms with Gasteiger partial charge in [-0.1, -0.05) is 40.2 Å². The zero-order chi connectivity index (χ0) is 28.7. The molecule has 0 N–H and O–H groups in total. The Morgan fingerprint density at radius 1 is 0.854 bits per heavy atom. The van der Waals surface area contributed by atoms with Gasteiger partial charge < -0.3 is 9.47 Å².